The van der Waals surface area contributed by atoms with E-state index in [1.54, 1.807) is 6.07 Å². The first-order valence-electron chi connectivity index (χ1n) is 9.85. The molecule has 0 bridgehead atoms. The molecule has 1 N–H and O–H groups in total. The lowest BCUT2D eigenvalue weighted by Gasteiger charge is -2.39. The Kier molecular flexibility index (Phi) is 5.69. The topological polar surface area (TPSA) is 32.3 Å². The fourth-order valence-electron chi connectivity index (χ4n) is 4.58. The molecule has 1 unspecified atom stereocenters. The molecule has 6 heteroatoms. The highest BCUT2D eigenvalue weighted by Crippen LogP contribution is 2.44. The highest BCUT2D eigenvalue weighted by molar-refractivity contribution is 6.34. The van der Waals surface area contributed by atoms with Crippen LogP contribution in [0.2, 0.25) is 10.0 Å². The number of rotatable bonds is 4. The van der Waals surface area contributed by atoms with Crippen molar-refractivity contribution in [2.45, 2.75) is 31.2 Å². The summed E-state index contributed by atoms with van der Waals surface area (Å²) < 4.78 is 13.5. The lowest BCUT2D eigenvalue weighted by molar-refractivity contribution is -0.128. The van der Waals surface area contributed by atoms with E-state index in [2.05, 4.69) is 5.32 Å². The Labute approximate surface area is 180 Å². The second-order valence-electron chi connectivity index (χ2n) is 7.79. The molecule has 3 nitrogen and oxygen atoms in total. The molecule has 0 saturated carbocycles. The van der Waals surface area contributed by atoms with Crippen molar-refractivity contribution in [1.29, 1.82) is 0 Å². The molecule has 29 heavy (non-hydrogen) atoms. The fourth-order valence-corrected chi connectivity index (χ4v) is 5.12. The molecule has 2 heterocycles. The predicted molar refractivity (Wildman–Crippen MR) is 115 cm³/mol. The van der Waals surface area contributed by atoms with Gasteiger partial charge in [0.1, 0.15) is 5.82 Å². The maximum Gasteiger partial charge on any atom is 0.251 e. The quantitative estimate of drug-likeness (QED) is 0.712. The molecule has 2 aliphatic heterocycles. The number of hydrogen-bond donors (Lipinski definition) is 1. The first-order chi connectivity index (χ1) is 13.9. The van der Waals surface area contributed by atoms with Gasteiger partial charge in [-0.2, -0.15) is 0 Å². The van der Waals surface area contributed by atoms with Crippen molar-refractivity contribution in [2.75, 3.05) is 19.6 Å². The van der Waals surface area contributed by atoms with Crippen molar-refractivity contribution in [1.82, 2.24) is 10.2 Å². The number of carbonyl (C=O) groups excluding carboxylic acids is 1. The molecule has 1 saturated heterocycles. The maximum absolute atomic E-state index is 13.5. The van der Waals surface area contributed by atoms with Gasteiger partial charge in [0.15, 0.2) is 0 Å². The van der Waals surface area contributed by atoms with Gasteiger partial charge in [-0.1, -0.05) is 41.4 Å². The second-order valence-corrected chi connectivity index (χ2v) is 8.67. The van der Waals surface area contributed by atoms with Crippen LogP contribution in [0, 0.1) is 5.82 Å². The zero-order valence-electron chi connectivity index (χ0n) is 16.2. The number of benzene rings is 2. The number of halogens is 3. The molecular formula is C23H23Cl2FN2O. The number of piperidine rings is 1. The molecule has 2 aromatic carbocycles. The van der Waals surface area contributed by atoms with Crippen LogP contribution in [0.3, 0.4) is 0 Å². The van der Waals surface area contributed by atoms with Gasteiger partial charge < -0.3 is 10.2 Å². The third kappa shape index (κ3) is 3.81. The molecule has 0 radical (unpaired) electrons. The Morgan fingerprint density at radius 2 is 1.69 bits per heavy atom. The molecule has 2 aliphatic rings. The van der Waals surface area contributed by atoms with Gasteiger partial charge in [0, 0.05) is 27.6 Å². The summed E-state index contributed by atoms with van der Waals surface area (Å²) in [7, 11) is 0. The van der Waals surface area contributed by atoms with Gasteiger partial charge in [-0.25, -0.2) is 4.39 Å². The minimum atomic E-state index is -0.392. The van der Waals surface area contributed by atoms with Gasteiger partial charge in [0.2, 0.25) is 0 Å². The van der Waals surface area contributed by atoms with Crippen LogP contribution in [-0.2, 0) is 10.2 Å². The van der Waals surface area contributed by atoms with E-state index in [1.165, 1.54) is 12.1 Å². The highest BCUT2D eigenvalue weighted by atomic mass is 35.5. The molecule has 1 fully saturated rings. The molecule has 1 atom stereocenters. The molecule has 152 valence electrons. The molecule has 0 aliphatic carbocycles. The van der Waals surface area contributed by atoms with Crippen LogP contribution in [0.4, 0.5) is 4.39 Å². The Balaban J connectivity index is 1.66. The van der Waals surface area contributed by atoms with Crippen LogP contribution in [0.1, 0.15) is 36.9 Å². The van der Waals surface area contributed by atoms with E-state index in [9.17, 15) is 9.18 Å². The van der Waals surface area contributed by atoms with Crippen LogP contribution in [-0.4, -0.2) is 30.4 Å². The van der Waals surface area contributed by atoms with E-state index in [0.717, 1.165) is 42.6 Å². The monoisotopic (exact) mass is 432 g/mol. The SMILES string of the molecule is CC(c1cc(Cl)cc(Cl)c1)N1CC=C(C2(c3ccc(F)cc3)CCNCC2)C1=O. The smallest absolute Gasteiger partial charge is 0.251 e. The van der Waals surface area contributed by atoms with Gasteiger partial charge in [-0.05, 0) is 74.3 Å². The maximum atomic E-state index is 13.5. The minimum Gasteiger partial charge on any atom is -0.328 e. The molecule has 0 aromatic heterocycles. The summed E-state index contributed by atoms with van der Waals surface area (Å²) in [6.45, 7) is 4.17. The summed E-state index contributed by atoms with van der Waals surface area (Å²) in [5.74, 6) is -0.238. The summed E-state index contributed by atoms with van der Waals surface area (Å²) in [6.07, 6.45) is 3.66. The summed E-state index contributed by atoms with van der Waals surface area (Å²) in [5, 5.41) is 4.49. The normalized spacial score (nSPS) is 19.9. The van der Waals surface area contributed by atoms with Gasteiger partial charge in [-0.3, -0.25) is 4.79 Å². The summed E-state index contributed by atoms with van der Waals surface area (Å²) in [4.78, 5) is 15.4. The Morgan fingerprint density at radius 1 is 1.07 bits per heavy atom. The second kappa shape index (κ2) is 8.10. The average molecular weight is 433 g/mol. The molecule has 1 amide bonds. The molecular weight excluding hydrogens is 410 g/mol. The molecule has 2 aromatic rings. The van der Waals surface area contributed by atoms with Crippen molar-refractivity contribution in [3.05, 3.63) is 81.1 Å². The Bertz CT molecular complexity index is 932. The van der Waals surface area contributed by atoms with Gasteiger partial charge >= 0.3 is 0 Å². The third-order valence-electron chi connectivity index (χ3n) is 6.19. The van der Waals surface area contributed by atoms with E-state index in [-0.39, 0.29) is 17.8 Å². The average Bonchev–Trinajstić information content (AvgIpc) is 3.09. The van der Waals surface area contributed by atoms with Crippen molar-refractivity contribution in [3.8, 4) is 0 Å². The zero-order valence-corrected chi connectivity index (χ0v) is 17.7. The largest absolute Gasteiger partial charge is 0.328 e. The Morgan fingerprint density at radius 3 is 2.31 bits per heavy atom. The van der Waals surface area contributed by atoms with Crippen LogP contribution in [0.15, 0.2) is 54.1 Å². The number of nitrogens with one attached hydrogen (secondary N) is 1. The third-order valence-corrected chi connectivity index (χ3v) is 6.62. The first kappa shape index (κ1) is 20.4. The number of hydrogen-bond acceptors (Lipinski definition) is 2. The van der Waals surface area contributed by atoms with E-state index >= 15 is 0 Å². The highest BCUT2D eigenvalue weighted by Gasteiger charge is 2.44. The summed E-state index contributed by atoms with van der Waals surface area (Å²) >= 11 is 12.3. The van der Waals surface area contributed by atoms with Gasteiger partial charge in [0.05, 0.1) is 6.04 Å². The molecule has 0 spiro atoms. The van der Waals surface area contributed by atoms with Gasteiger partial charge in [0.25, 0.3) is 5.91 Å². The van der Waals surface area contributed by atoms with Crippen molar-refractivity contribution < 1.29 is 9.18 Å². The fraction of sp³-hybridized carbons (Fsp3) is 0.348. The van der Waals surface area contributed by atoms with Crippen LogP contribution in [0.5, 0.6) is 0 Å². The van der Waals surface area contributed by atoms with E-state index in [4.69, 9.17) is 23.2 Å². The first-order valence-corrected chi connectivity index (χ1v) is 10.6. The number of nitrogens with zero attached hydrogens (tertiary/aromatic N) is 1. The van der Waals surface area contributed by atoms with Crippen molar-refractivity contribution >= 4 is 29.1 Å². The van der Waals surface area contributed by atoms with Crippen molar-refractivity contribution in [3.63, 3.8) is 0 Å². The minimum absolute atomic E-state index is 0.0276. The van der Waals surface area contributed by atoms with E-state index in [0.29, 0.717) is 16.6 Å². The predicted octanol–water partition coefficient (Wildman–Crippen LogP) is 5.28. The number of carbonyl (C=O) groups is 1. The van der Waals surface area contributed by atoms with Crippen LogP contribution >= 0.6 is 23.2 Å². The standard InChI is InChI=1S/C23H23Cl2FN2O/c1-15(16-12-18(24)14-19(25)13-16)28-11-6-21(22(28)29)23(7-9-27-10-8-23)17-2-4-20(26)5-3-17/h2-6,12-15,27H,7-11H2,1H3. The Hall–Kier alpha value is -1.88. The van der Waals surface area contributed by atoms with Crippen molar-refractivity contribution in [2.24, 2.45) is 0 Å². The van der Waals surface area contributed by atoms with Crippen LogP contribution in [0.25, 0.3) is 0 Å². The summed E-state index contributed by atoms with van der Waals surface area (Å²) in [5.41, 5.74) is 2.33. The van der Waals surface area contributed by atoms with Gasteiger partial charge in [-0.15, -0.1) is 0 Å². The van der Waals surface area contributed by atoms with E-state index < -0.39 is 5.41 Å². The molecule has 4 rings (SSSR count). The zero-order chi connectivity index (χ0) is 20.6. The summed E-state index contributed by atoms with van der Waals surface area (Å²) in [6, 6.07) is 11.8. The van der Waals surface area contributed by atoms with Crippen LogP contribution < -0.4 is 5.32 Å². The number of amides is 1. The van der Waals surface area contributed by atoms with E-state index in [1.807, 2.05) is 42.2 Å². The lowest BCUT2D eigenvalue weighted by Crippen LogP contribution is -2.44. The lowest BCUT2D eigenvalue weighted by atomic mass is 9.68.